The zero-order valence-electron chi connectivity index (χ0n) is 6.60. The average Bonchev–Trinajstić information content (AvgIpc) is 2.69. The van der Waals surface area contributed by atoms with Gasteiger partial charge in [-0.25, -0.2) is 0 Å². The molecule has 1 aliphatic rings. The maximum Gasteiger partial charge on any atom is 0.115 e. The molecule has 3 N–H and O–H groups in total. The smallest absolute Gasteiger partial charge is 0.115 e. The predicted octanol–water partition coefficient (Wildman–Crippen LogP) is 1.63. The summed E-state index contributed by atoms with van der Waals surface area (Å²) in [5.74, 6) is 0.860. The van der Waals surface area contributed by atoms with Crippen LogP contribution in [-0.2, 0) is 0 Å². The second kappa shape index (κ2) is 3.33. The van der Waals surface area contributed by atoms with Crippen LogP contribution in [-0.4, -0.2) is 11.1 Å². The van der Waals surface area contributed by atoms with Gasteiger partial charge in [-0.15, -0.1) is 12.4 Å². The molecule has 2 atom stereocenters. The summed E-state index contributed by atoms with van der Waals surface area (Å²) in [6.45, 7) is 0. The minimum absolute atomic E-state index is 0. The number of hydrogen-bond acceptors (Lipinski definition) is 2. The Labute approximate surface area is 77.8 Å². The van der Waals surface area contributed by atoms with Crippen molar-refractivity contribution in [1.82, 2.24) is 0 Å². The second-order valence-corrected chi connectivity index (χ2v) is 3.10. The van der Waals surface area contributed by atoms with Gasteiger partial charge in [-0.1, -0.05) is 12.1 Å². The maximum atomic E-state index is 8.99. The third kappa shape index (κ3) is 1.71. The topological polar surface area (TPSA) is 46.2 Å². The Bertz CT molecular complexity index is 260. The zero-order valence-corrected chi connectivity index (χ0v) is 7.42. The molecule has 1 aromatic carbocycles. The van der Waals surface area contributed by atoms with Crippen LogP contribution in [0.4, 0.5) is 0 Å². The summed E-state index contributed by atoms with van der Waals surface area (Å²) in [6.07, 6.45) is 1.09. The number of phenols is 1. The van der Waals surface area contributed by atoms with Crippen LogP contribution in [0.3, 0.4) is 0 Å². The van der Waals surface area contributed by atoms with Gasteiger partial charge < -0.3 is 10.8 Å². The molecule has 0 radical (unpaired) electrons. The predicted molar refractivity (Wildman–Crippen MR) is 50.7 cm³/mol. The fourth-order valence-corrected chi connectivity index (χ4v) is 1.32. The first-order valence-electron chi connectivity index (χ1n) is 3.82. The molecular weight excluding hydrogens is 174 g/mol. The Morgan fingerprint density at radius 2 is 1.75 bits per heavy atom. The Morgan fingerprint density at radius 1 is 1.25 bits per heavy atom. The van der Waals surface area contributed by atoms with Crippen LogP contribution in [0.15, 0.2) is 24.3 Å². The van der Waals surface area contributed by atoms with Gasteiger partial charge in [0.1, 0.15) is 5.75 Å². The van der Waals surface area contributed by atoms with Gasteiger partial charge >= 0.3 is 0 Å². The van der Waals surface area contributed by atoms with Crippen molar-refractivity contribution in [3.05, 3.63) is 29.8 Å². The molecule has 0 bridgehead atoms. The number of hydrogen-bond donors (Lipinski definition) is 2. The lowest BCUT2D eigenvalue weighted by atomic mass is 10.1. The van der Waals surface area contributed by atoms with E-state index >= 15 is 0 Å². The summed E-state index contributed by atoms with van der Waals surface area (Å²) in [5, 5.41) is 8.99. The number of rotatable bonds is 1. The van der Waals surface area contributed by atoms with Gasteiger partial charge in [-0.2, -0.15) is 0 Å². The number of phenolic OH excluding ortho intramolecular Hbond substituents is 1. The quantitative estimate of drug-likeness (QED) is 0.699. The monoisotopic (exact) mass is 185 g/mol. The van der Waals surface area contributed by atoms with E-state index in [2.05, 4.69) is 0 Å². The molecule has 1 saturated carbocycles. The molecule has 1 aromatic rings. The van der Waals surface area contributed by atoms with E-state index < -0.39 is 0 Å². The second-order valence-electron chi connectivity index (χ2n) is 3.10. The van der Waals surface area contributed by atoms with Gasteiger partial charge in [0.15, 0.2) is 0 Å². The van der Waals surface area contributed by atoms with Gasteiger partial charge in [0, 0.05) is 12.0 Å². The van der Waals surface area contributed by atoms with Gasteiger partial charge in [0.25, 0.3) is 0 Å². The first-order chi connectivity index (χ1) is 5.27. The highest BCUT2D eigenvalue weighted by Gasteiger charge is 2.34. The molecule has 0 amide bonds. The maximum absolute atomic E-state index is 8.99. The van der Waals surface area contributed by atoms with Crippen molar-refractivity contribution < 1.29 is 5.11 Å². The van der Waals surface area contributed by atoms with Crippen LogP contribution in [0, 0.1) is 0 Å². The molecule has 3 heteroatoms. The van der Waals surface area contributed by atoms with Crippen molar-refractivity contribution in [1.29, 1.82) is 0 Å². The Balaban J connectivity index is 0.000000720. The van der Waals surface area contributed by atoms with Crippen LogP contribution >= 0.6 is 12.4 Å². The van der Waals surface area contributed by atoms with E-state index in [1.165, 1.54) is 5.56 Å². The SMILES string of the molecule is Cl.N[C@@H]1C[C@@H]1c1ccc(O)cc1. The van der Waals surface area contributed by atoms with E-state index in [-0.39, 0.29) is 12.4 Å². The molecule has 2 rings (SSSR count). The van der Waals surface area contributed by atoms with Gasteiger partial charge in [0.05, 0.1) is 0 Å². The minimum Gasteiger partial charge on any atom is -0.508 e. The van der Waals surface area contributed by atoms with Crippen molar-refractivity contribution in [2.24, 2.45) is 5.73 Å². The molecule has 1 aliphatic carbocycles. The van der Waals surface area contributed by atoms with Crippen LogP contribution in [0.5, 0.6) is 5.75 Å². The lowest BCUT2D eigenvalue weighted by Gasteiger charge is -1.97. The number of benzene rings is 1. The number of aromatic hydroxyl groups is 1. The van der Waals surface area contributed by atoms with E-state index in [0.29, 0.717) is 17.7 Å². The van der Waals surface area contributed by atoms with E-state index in [0.717, 1.165) is 6.42 Å². The molecule has 0 saturated heterocycles. The summed E-state index contributed by atoms with van der Waals surface area (Å²) in [7, 11) is 0. The summed E-state index contributed by atoms with van der Waals surface area (Å²) >= 11 is 0. The number of nitrogens with two attached hydrogens (primary N) is 1. The van der Waals surface area contributed by atoms with Crippen LogP contribution < -0.4 is 5.73 Å². The zero-order chi connectivity index (χ0) is 7.84. The molecule has 0 aromatic heterocycles. The highest BCUT2D eigenvalue weighted by Crippen LogP contribution is 2.39. The fraction of sp³-hybridized carbons (Fsp3) is 0.333. The molecule has 1 fully saturated rings. The molecule has 0 aliphatic heterocycles. The summed E-state index contributed by atoms with van der Waals surface area (Å²) in [5.41, 5.74) is 6.92. The molecule has 66 valence electrons. The molecule has 0 unspecified atom stereocenters. The van der Waals surface area contributed by atoms with E-state index in [1.807, 2.05) is 12.1 Å². The highest BCUT2D eigenvalue weighted by molar-refractivity contribution is 5.85. The van der Waals surface area contributed by atoms with Crippen molar-refractivity contribution in [3.63, 3.8) is 0 Å². The average molecular weight is 186 g/mol. The van der Waals surface area contributed by atoms with Crippen molar-refractivity contribution in [2.45, 2.75) is 18.4 Å². The van der Waals surface area contributed by atoms with E-state index in [1.54, 1.807) is 12.1 Å². The van der Waals surface area contributed by atoms with Gasteiger partial charge in [0.2, 0.25) is 0 Å². The Kier molecular flexibility index (Phi) is 2.60. The summed E-state index contributed by atoms with van der Waals surface area (Å²) in [4.78, 5) is 0. The van der Waals surface area contributed by atoms with Crippen molar-refractivity contribution in [3.8, 4) is 5.75 Å². The third-order valence-corrected chi connectivity index (χ3v) is 2.16. The van der Waals surface area contributed by atoms with Crippen LogP contribution in [0.25, 0.3) is 0 Å². The van der Waals surface area contributed by atoms with Gasteiger partial charge in [-0.3, -0.25) is 0 Å². The molecule has 2 nitrogen and oxygen atoms in total. The lowest BCUT2D eigenvalue weighted by Crippen LogP contribution is -2.00. The van der Waals surface area contributed by atoms with E-state index in [4.69, 9.17) is 10.8 Å². The largest absolute Gasteiger partial charge is 0.508 e. The summed E-state index contributed by atoms with van der Waals surface area (Å²) < 4.78 is 0. The normalized spacial score (nSPS) is 26.1. The highest BCUT2D eigenvalue weighted by atomic mass is 35.5. The summed E-state index contributed by atoms with van der Waals surface area (Å²) in [6, 6.07) is 7.64. The fourth-order valence-electron chi connectivity index (χ4n) is 1.32. The minimum atomic E-state index is 0. The first kappa shape index (κ1) is 9.36. The van der Waals surface area contributed by atoms with Gasteiger partial charge in [-0.05, 0) is 24.1 Å². The lowest BCUT2D eigenvalue weighted by molar-refractivity contribution is 0.475. The standard InChI is InChI=1S/C9H11NO.ClH/c10-9-5-8(9)6-1-3-7(11)4-2-6;/h1-4,8-9,11H,5,10H2;1H/t8-,9-;/m1./s1. The Morgan fingerprint density at radius 3 is 2.17 bits per heavy atom. The number of halogens is 1. The van der Waals surface area contributed by atoms with E-state index in [9.17, 15) is 0 Å². The molecular formula is C9H12ClNO. The van der Waals surface area contributed by atoms with Crippen LogP contribution in [0.2, 0.25) is 0 Å². The third-order valence-electron chi connectivity index (χ3n) is 2.16. The van der Waals surface area contributed by atoms with Crippen molar-refractivity contribution >= 4 is 12.4 Å². The van der Waals surface area contributed by atoms with Crippen molar-refractivity contribution in [2.75, 3.05) is 0 Å². The molecule has 0 heterocycles. The Hall–Kier alpha value is -0.730. The first-order valence-corrected chi connectivity index (χ1v) is 3.82. The molecule has 0 spiro atoms. The van der Waals surface area contributed by atoms with Crippen LogP contribution in [0.1, 0.15) is 17.9 Å². The molecule has 12 heavy (non-hydrogen) atoms.